The third-order valence-corrected chi connectivity index (χ3v) is 5.42. The molecule has 0 aliphatic carbocycles. The van der Waals surface area contributed by atoms with Crippen LogP contribution >= 0.6 is 9.24 Å². The molecule has 0 N–H and O–H groups in total. The lowest BCUT2D eigenvalue weighted by Crippen LogP contribution is -2.12. The van der Waals surface area contributed by atoms with Crippen molar-refractivity contribution in [2.45, 2.75) is 51.7 Å². The molecule has 2 heteroatoms. The maximum atomic E-state index is 3.08. The predicted octanol–water partition coefficient (Wildman–Crippen LogP) is 6.09. The van der Waals surface area contributed by atoms with E-state index < -0.39 is 0 Å². The number of nitrogens with zero attached hydrogens (tertiary/aromatic N) is 1. The number of fused-ring (bicyclic) bond motifs is 3. The van der Waals surface area contributed by atoms with Crippen LogP contribution in [0.3, 0.4) is 0 Å². The minimum Gasteiger partial charge on any atom is -0.341 e. The summed E-state index contributed by atoms with van der Waals surface area (Å²) in [7, 11) is 3.08. The summed E-state index contributed by atoms with van der Waals surface area (Å²) < 4.78 is 2.42. The second-order valence-corrected chi connectivity index (χ2v) is 7.79. The molecule has 0 radical (unpaired) electrons. The van der Waals surface area contributed by atoms with E-state index in [0.717, 1.165) is 6.54 Å². The fourth-order valence-corrected chi connectivity index (χ4v) is 3.82. The lowest BCUT2D eigenvalue weighted by atomic mass is 9.93. The summed E-state index contributed by atoms with van der Waals surface area (Å²) in [5.74, 6) is 0. The van der Waals surface area contributed by atoms with E-state index in [1.165, 1.54) is 46.6 Å². The van der Waals surface area contributed by atoms with Crippen molar-refractivity contribution in [2.24, 2.45) is 0 Å². The van der Waals surface area contributed by atoms with Crippen LogP contribution in [0.25, 0.3) is 21.8 Å². The molecule has 0 spiro atoms. The quantitative estimate of drug-likeness (QED) is 0.502. The molecule has 2 unspecified atom stereocenters. The summed E-state index contributed by atoms with van der Waals surface area (Å²) >= 11 is 0. The van der Waals surface area contributed by atoms with Gasteiger partial charge < -0.3 is 4.57 Å². The van der Waals surface area contributed by atoms with Crippen molar-refractivity contribution >= 4 is 31.0 Å². The molecule has 0 bridgehead atoms. The van der Waals surface area contributed by atoms with E-state index in [9.17, 15) is 0 Å². The third-order valence-electron chi connectivity index (χ3n) is 4.80. The van der Waals surface area contributed by atoms with Gasteiger partial charge in [-0.2, -0.15) is 0 Å². The van der Waals surface area contributed by atoms with Crippen molar-refractivity contribution in [3.05, 3.63) is 48.0 Å². The lowest BCUT2D eigenvalue weighted by molar-refractivity contribution is 0.578. The molecule has 1 nitrogen and oxygen atoms in total. The topological polar surface area (TPSA) is 4.93 Å². The van der Waals surface area contributed by atoms with Gasteiger partial charge in [-0.05, 0) is 37.1 Å². The molecule has 3 rings (SSSR count). The smallest absolute Gasteiger partial charge is 0.0491 e. The van der Waals surface area contributed by atoms with Crippen LogP contribution in [-0.4, -0.2) is 4.57 Å². The Bertz CT molecular complexity index is 798. The van der Waals surface area contributed by atoms with Crippen LogP contribution in [0.1, 0.15) is 45.6 Å². The zero-order valence-corrected chi connectivity index (χ0v) is 15.0. The lowest BCUT2D eigenvalue weighted by Gasteiger charge is -2.25. The van der Waals surface area contributed by atoms with E-state index in [2.05, 4.69) is 77.0 Å². The highest BCUT2D eigenvalue weighted by molar-refractivity contribution is 7.18. The normalized spacial score (nSPS) is 14.5. The van der Waals surface area contributed by atoms with Gasteiger partial charge in [-0.3, -0.25) is 0 Å². The average Bonchev–Trinajstić information content (AvgIpc) is 2.86. The standard InChI is InChI=1S/C20H26NP/c1-4-6-13-20(3,22)15-11-12-19-17(14-15)16-9-7-8-10-18(16)21(19)5-2/h7-12,14H,4-6,13,22H2,1-3H3. The number of para-hydroxylation sites is 1. The molecule has 0 saturated heterocycles. The number of unbranched alkanes of at least 4 members (excludes halogenated alkanes) is 1. The van der Waals surface area contributed by atoms with Gasteiger partial charge in [0.15, 0.2) is 0 Å². The van der Waals surface area contributed by atoms with Gasteiger partial charge in [0.05, 0.1) is 0 Å². The predicted molar refractivity (Wildman–Crippen MR) is 102 cm³/mol. The number of benzene rings is 2. The van der Waals surface area contributed by atoms with Gasteiger partial charge in [0, 0.05) is 33.5 Å². The molecule has 0 fully saturated rings. The fourth-order valence-electron chi connectivity index (χ4n) is 3.44. The van der Waals surface area contributed by atoms with Crippen molar-refractivity contribution in [1.29, 1.82) is 0 Å². The van der Waals surface area contributed by atoms with Crippen LogP contribution in [0.4, 0.5) is 0 Å². The van der Waals surface area contributed by atoms with Crippen molar-refractivity contribution < 1.29 is 0 Å². The van der Waals surface area contributed by atoms with Gasteiger partial charge in [0.2, 0.25) is 0 Å². The second-order valence-electron chi connectivity index (χ2n) is 6.51. The van der Waals surface area contributed by atoms with Crippen LogP contribution in [0, 0.1) is 0 Å². The van der Waals surface area contributed by atoms with E-state index in [4.69, 9.17) is 0 Å². The van der Waals surface area contributed by atoms with Gasteiger partial charge in [-0.15, -0.1) is 9.24 Å². The number of aromatic nitrogens is 1. The van der Waals surface area contributed by atoms with Crippen LogP contribution in [-0.2, 0) is 11.7 Å². The molecule has 0 aliphatic heterocycles. The monoisotopic (exact) mass is 311 g/mol. The summed E-state index contributed by atoms with van der Waals surface area (Å²) in [4.78, 5) is 0. The van der Waals surface area contributed by atoms with E-state index in [0.29, 0.717) is 0 Å². The highest BCUT2D eigenvalue weighted by Crippen LogP contribution is 2.39. The number of rotatable bonds is 5. The molecule has 2 aromatic carbocycles. The molecule has 116 valence electrons. The maximum Gasteiger partial charge on any atom is 0.0491 e. The molecule has 3 aromatic rings. The summed E-state index contributed by atoms with van der Waals surface area (Å²) in [6.45, 7) is 7.84. The molecule has 0 amide bonds. The van der Waals surface area contributed by atoms with Crippen molar-refractivity contribution in [2.75, 3.05) is 0 Å². The third kappa shape index (κ3) is 2.57. The van der Waals surface area contributed by atoms with Gasteiger partial charge in [-0.25, -0.2) is 0 Å². The Balaban J connectivity index is 2.20. The largest absolute Gasteiger partial charge is 0.341 e. The first-order valence-electron chi connectivity index (χ1n) is 8.39. The van der Waals surface area contributed by atoms with Gasteiger partial charge in [0.1, 0.15) is 0 Å². The van der Waals surface area contributed by atoms with Crippen LogP contribution < -0.4 is 0 Å². The average molecular weight is 311 g/mol. The first kappa shape index (κ1) is 15.6. The number of aryl methyl sites for hydroxylation is 1. The zero-order chi connectivity index (χ0) is 15.7. The van der Waals surface area contributed by atoms with Crippen LogP contribution in [0.5, 0.6) is 0 Å². The van der Waals surface area contributed by atoms with Gasteiger partial charge in [-0.1, -0.05) is 51.0 Å². The SMILES string of the molecule is CCCCC(C)(P)c1ccc2c(c1)c1ccccc1n2CC. The number of hydrogen-bond donors (Lipinski definition) is 0. The van der Waals surface area contributed by atoms with Crippen molar-refractivity contribution in [3.8, 4) is 0 Å². The van der Waals surface area contributed by atoms with Gasteiger partial charge in [0.25, 0.3) is 0 Å². The zero-order valence-electron chi connectivity index (χ0n) is 13.9. The van der Waals surface area contributed by atoms with Crippen LogP contribution in [0.15, 0.2) is 42.5 Å². The Morgan fingerprint density at radius 1 is 1.00 bits per heavy atom. The van der Waals surface area contributed by atoms with E-state index >= 15 is 0 Å². The van der Waals surface area contributed by atoms with Crippen molar-refractivity contribution in [3.63, 3.8) is 0 Å². The molecule has 2 atom stereocenters. The molecule has 1 heterocycles. The fraction of sp³-hybridized carbons (Fsp3) is 0.400. The summed E-state index contributed by atoms with van der Waals surface area (Å²) in [5.41, 5.74) is 4.12. The molecule has 22 heavy (non-hydrogen) atoms. The van der Waals surface area contributed by atoms with Crippen molar-refractivity contribution in [1.82, 2.24) is 4.57 Å². The Labute approximate surface area is 135 Å². The Morgan fingerprint density at radius 2 is 1.73 bits per heavy atom. The first-order chi connectivity index (χ1) is 10.6. The molecular weight excluding hydrogens is 285 g/mol. The van der Waals surface area contributed by atoms with Crippen LogP contribution in [0.2, 0.25) is 0 Å². The van der Waals surface area contributed by atoms with Gasteiger partial charge >= 0.3 is 0 Å². The molecule has 0 aliphatic rings. The Morgan fingerprint density at radius 3 is 2.45 bits per heavy atom. The maximum absolute atomic E-state index is 3.08. The second kappa shape index (κ2) is 6.05. The summed E-state index contributed by atoms with van der Waals surface area (Å²) in [6, 6.07) is 15.8. The highest BCUT2D eigenvalue weighted by atomic mass is 31.0. The molecule has 0 saturated carbocycles. The Hall–Kier alpha value is -1.33. The summed E-state index contributed by atoms with van der Waals surface area (Å²) in [6.07, 6.45) is 3.74. The highest BCUT2D eigenvalue weighted by Gasteiger charge is 2.21. The molecule has 1 aromatic heterocycles. The minimum absolute atomic E-state index is 0.166. The summed E-state index contributed by atoms with van der Waals surface area (Å²) in [5, 5.41) is 2.93. The van der Waals surface area contributed by atoms with E-state index in [1.807, 2.05) is 0 Å². The molecular formula is C20H26NP. The first-order valence-corrected chi connectivity index (χ1v) is 8.96. The number of hydrogen-bond acceptors (Lipinski definition) is 0. The van der Waals surface area contributed by atoms with E-state index in [1.54, 1.807) is 0 Å². The minimum atomic E-state index is 0.166. The van der Waals surface area contributed by atoms with E-state index in [-0.39, 0.29) is 5.16 Å². The Kier molecular flexibility index (Phi) is 4.28.